The minimum absolute atomic E-state index is 0.384. The van der Waals surface area contributed by atoms with Crippen LogP contribution in [0.4, 0.5) is 0 Å². The van der Waals surface area contributed by atoms with Crippen LogP contribution in [0.2, 0.25) is 0 Å². The molecule has 3 atom stereocenters. The monoisotopic (exact) mass is 125 g/mol. The van der Waals surface area contributed by atoms with Crippen molar-refractivity contribution in [1.82, 2.24) is 0 Å². The van der Waals surface area contributed by atoms with E-state index >= 15 is 0 Å². The molecule has 0 radical (unpaired) electrons. The first-order chi connectivity index (χ1) is 4.22. The second-order valence-corrected chi connectivity index (χ2v) is 3.08. The zero-order valence-electron chi connectivity index (χ0n) is 6.17. The lowest BCUT2D eigenvalue weighted by Crippen LogP contribution is -2.35. The molecule has 1 rings (SSSR count). The molecule has 2 N–H and O–H groups in total. The summed E-state index contributed by atoms with van der Waals surface area (Å²) in [5, 5.41) is 0. The zero-order chi connectivity index (χ0) is 6.85. The molecule has 0 fully saturated rings. The molecule has 0 heterocycles. The van der Waals surface area contributed by atoms with Crippen LogP contribution in [0.25, 0.3) is 0 Å². The van der Waals surface area contributed by atoms with E-state index in [1.54, 1.807) is 0 Å². The van der Waals surface area contributed by atoms with Gasteiger partial charge in [-0.25, -0.2) is 0 Å². The Morgan fingerprint density at radius 2 is 2.11 bits per heavy atom. The van der Waals surface area contributed by atoms with Crippen molar-refractivity contribution >= 4 is 0 Å². The fourth-order valence-corrected chi connectivity index (χ4v) is 1.31. The van der Waals surface area contributed by atoms with E-state index in [-0.39, 0.29) is 0 Å². The summed E-state index contributed by atoms with van der Waals surface area (Å²) in [6.45, 7) is 4.39. The highest BCUT2D eigenvalue weighted by Crippen LogP contribution is 2.20. The first-order valence-electron chi connectivity index (χ1n) is 3.64. The second kappa shape index (κ2) is 2.53. The summed E-state index contributed by atoms with van der Waals surface area (Å²) in [7, 11) is 0. The average molecular weight is 125 g/mol. The van der Waals surface area contributed by atoms with Crippen LogP contribution in [0, 0.1) is 11.8 Å². The molecule has 1 nitrogen and oxygen atoms in total. The van der Waals surface area contributed by atoms with Crippen LogP contribution in [-0.2, 0) is 0 Å². The SMILES string of the molecule is CC1C=CCC(C)C1N. The Balaban J connectivity index is 2.58. The largest absolute Gasteiger partial charge is 0.327 e. The summed E-state index contributed by atoms with van der Waals surface area (Å²) in [5.41, 5.74) is 5.87. The summed E-state index contributed by atoms with van der Waals surface area (Å²) < 4.78 is 0. The second-order valence-electron chi connectivity index (χ2n) is 3.08. The van der Waals surface area contributed by atoms with E-state index in [9.17, 15) is 0 Å². The fraction of sp³-hybridized carbons (Fsp3) is 0.750. The van der Waals surface area contributed by atoms with Crippen molar-refractivity contribution in [3.8, 4) is 0 Å². The van der Waals surface area contributed by atoms with Gasteiger partial charge in [0.25, 0.3) is 0 Å². The first kappa shape index (κ1) is 6.81. The molecule has 3 unspecified atom stereocenters. The Labute approximate surface area is 56.9 Å². The van der Waals surface area contributed by atoms with Crippen molar-refractivity contribution in [3.05, 3.63) is 12.2 Å². The predicted molar refractivity (Wildman–Crippen MR) is 40.1 cm³/mol. The zero-order valence-corrected chi connectivity index (χ0v) is 6.17. The molecule has 0 aromatic heterocycles. The van der Waals surface area contributed by atoms with Gasteiger partial charge < -0.3 is 5.73 Å². The van der Waals surface area contributed by atoms with Gasteiger partial charge in [0.15, 0.2) is 0 Å². The number of nitrogens with two attached hydrogens (primary N) is 1. The highest BCUT2D eigenvalue weighted by Gasteiger charge is 2.19. The van der Waals surface area contributed by atoms with Crippen molar-refractivity contribution < 1.29 is 0 Å². The summed E-state index contributed by atoms with van der Waals surface area (Å²) in [6.07, 6.45) is 5.61. The third-order valence-corrected chi connectivity index (χ3v) is 2.21. The summed E-state index contributed by atoms with van der Waals surface area (Å²) >= 11 is 0. The first-order valence-corrected chi connectivity index (χ1v) is 3.64. The van der Waals surface area contributed by atoms with E-state index in [0.29, 0.717) is 17.9 Å². The molecule has 1 aliphatic carbocycles. The van der Waals surface area contributed by atoms with Crippen LogP contribution in [0.1, 0.15) is 20.3 Å². The van der Waals surface area contributed by atoms with Gasteiger partial charge in [-0.3, -0.25) is 0 Å². The van der Waals surface area contributed by atoms with E-state index in [1.807, 2.05) is 0 Å². The molecule has 1 aliphatic rings. The smallest absolute Gasteiger partial charge is 0.0128 e. The summed E-state index contributed by atoms with van der Waals surface area (Å²) in [6, 6.07) is 0.384. The maximum absolute atomic E-state index is 5.87. The Bertz CT molecular complexity index is 118. The third-order valence-electron chi connectivity index (χ3n) is 2.21. The van der Waals surface area contributed by atoms with Gasteiger partial charge in [-0.2, -0.15) is 0 Å². The molecule has 0 amide bonds. The van der Waals surface area contributed by atoms with Crippen LogP contribution in [0.15, 0.2) is 12.2 Å². The van der Waals surface area contributed by atoms with Gasteiger partial charge in [0.1, 0.15) is 0 Å². The molecular weight excluding hydrogens is 110 g/mol. The maximum atomic E-state index is 5.87. The van der Waals surface area contributed by atoms with Crippen molar-refractivity contribution in [1.29, 1.82) is 0 Å². The van der Waals surface area contributed by atoms with E-state index < -0.39 is 0 Å². The molecule has 0 spiro atoms. The van der Waals surface area contributed by atoms with Crippen LogP contribution >= 0.6 is 0 Å². The number of hydrogen-bond donors (Lipinski definition) is 1. The molecule has 0 saturated heterocycles. The van der Waals surface area contributed by atoms with E-state index in [1.165, 1.54) is 0 Å². The lowest BCUT2D eigenvalue weighted by Gasteiger charge is -2.26. The Kier molecular flexibility index (Phi) is 1.91. The Morgan fingerprint density at radius 3 is 2.56 bits per heavy atom. The molecule has 1 heteroatoms. The molecular formula is C8H15N. The molecule has 0 aromatic rings. The van der Waals surface area contributed by atoms with Gasteiger partial charge in [0.2, 0.25) is 0 Å². The van der Waals surface area contributed by atoms with Crippen molar-refractivity contribution in [2.75, 3.05) is 0 Å². The highest BCUT2D eigenvalue weighted by molar-refractivity contribution is 4.99. The maximum Gasteiger partial charge on any atom is 0.0128 e. The van der Waals surface area contributed by atoms with E-state index in [0.717, 1.165) is 6.42 Å². The molecule has 0 aromatic carbocycles. The van der Waals surface area contributed by atoms with Gasteiger partial charge >= 0.3 is 0 Å². The van der Waals surface area contributed by atoms with Crippen LogP contribution in [-0.4, -0.2) is 6.04 Å². The number of rotatable bonds is 0. The van der Waals surface area contributed by atoms with Gasteiger partial charge in [-0.1, -0.05) is 26.0 Å². The minimum Gasteiger partial charge on any atom is -0.327 e. The molecule has 0 saturated carbocycles. The number of hydrogen-bond acceptors (Lipinski definition) is 1. The van der Waals surface area contributed by atoms with Crippen LogP contribution in [0.3, 0.4) is 0 Å². The average Bonchev–Trinajstić information content (AvgIpc) is 1.83. The van der Waals surface area contributed by atoms with Gasteiger partial charge in [-0.05, 0) is 18.3 Å². The van der Waals surface area contributed by atoms with E-state index in [2.05, 4.69) is 26.0 Å². The normalized spacial score (nSPS) is 43.2. The minimum atomic E-state index is 0.384. The highest BCUT2D eigenvalue weighted by atomic mass is 14.7. The topological polar surface area (TPSA) is 26.0 Å². The van der Waals surface area contributed by atoms with Crippen LogP contribution in [0.5, 0.6) is 0 Å². The number of allylic oxidation sites excluding steroid dienone is 1. The fourth-order valence-electron chi connectivity index (χ4n) is 1.31. The van der Waals surface area contributed by atoms with Crippen molar-refractivity contribution in [2.24, 2.45) is 17.6 Å². The summed E-state index contributed by atoms with van der Waals surface area (Å²) in [4.78, 5) is 0. The molecule has 0 aliphatic heterocycles. The molecule has 52 valence electrons. The van der Waals surface area contributed by atoms with Crippen molar-refractivity contribution in [3.63, 3.8) is 0 Å². The van der Waals surface area contributed by atoms with Crippen LogP contribution < -0.4 is 5.73 Å². The standard InChI is InChI=1S/C8H15N/c1-6-4-3-5-7(2)8(6)9/h3-4,6-8H,5,9H2,1-2H3. The Hall–Kier alpha value is -0.300. The van der Waals surface area contributed by atoms with E-state index in [4.69, 9.17) is 5.73 Å². The van der Waals surface area contributed by atoms with Gasteiger partial charge in [0, 0.05) is 6.04 Å². The summed E-state index contributed by atoms with van der Waals surface area (Å²) in [5.74, 6) is 1.25. The Morgan fingerprint density at radius 1 is 1.44 bits per heavy atom. The van der Waals surface area contributed by atoms with Gasteiger partial charge in [-0.15, -0.1) is 0 Å². The lowest BCUT2D eigenvalue weighted by atomic mass is 9.84. The lowest BCUT2D eigenvalue weighted by molar-refractivity contribution is 0.373. The molecule has 0 bridgehead atoms. The quantitative estimate of drug-likeness (QED) is 0.488. The molecule has 9 heavy (non-hydrogen) atoms. The predicted octanol–water partition coefficient (Wildman–Crippen LogP) is 1.55. The van der Waals surface area contributed by atoms with Crippen molar-refractivity contribution in [2.45, 2.75) is 26.3 Å². The third kappa shape index (κ3) is 1.33. The van der Waals surface area contributed by atoms with Gasteiger partial charge in [0.05, 0.1) is 0 Å².